The molecule has 16 heavy (non-hydrogen) atoms. The Labute approximate surface area is 98.2 Å². The monoisotopic (exact) mass is 235 g/mol. The summed E-state index contributed by atoms with van der Waals surface area (Å²) in [5.74, 6) is 0. The molecule has 4 nitrogen and oxygen atoms in total. The van der Waals surface area contributed by atoms with E-state index in [0.717, 1.165) is 43.0 Å². The lowest BCUT2D eigenvalue weighted by molar-refractivity contribution is 0.567. The molecule has 3 rings (SSSR count). The first-order valence-corrected chi connectivity index (χ1v) is 5.83. The molecule has 1 aliphatic heterocycles. The molecule has 2 N–H and O–H groups in total. The fourth-order valence-electron chi connectivity index (χ4n) is 2.11. The van der Waals surface area contributed by atoms with Crippen LogP contribution in [0.5, 0.6) is 0 Å². The van der Waals surface area contributed by atoms with Crippen LogP contribution in [0.25, 0.3) is 11.1 Å². The van der Waals surface area contributed by atoms with Gasteiger partial charge in [-0.05, 0) is 24.4 Å². The van der Waals surface area contributed by atoms with E-state index in [2.05, 4.69) is 21.3 Å². The van der Waals surface area contributed by atoms with Gasteiger partial charge in [0.1, 0.15) is 0 Å². The van der Waals surface area contributed by atoms with E-state index < -0.39 is 0 Å². The standard InChI is InChI=1S/C11H13N3OS/c16-11-13-8-2-1-3-9(10(8)15-11)14-6-4-12-5-7-14/h1-3,12H,4-7H2,(H,13,16). The zero-order chi connectivity index (χ0) is 11.0. The topological polar surface area (TPSA) is 44.2 Å². The van der Waals surface area contributed by atoms with Crippen molar-refractivity contribution in [3.8, 4) is 0 Å². The molecule has 0 spiro atoms. The molecule has 0 saturated carbocycles. The van der Waals surface area contributed by atoms with Gasteiger partial charge in [0.05, 0.1) is 11.2 Å². The van der Waals surface area contributed by atoms with Gasteiger partial charge in [0, 0.05) is 26.2 Å². The van der Waals surface area contributed by atoms with Gasteiger partial charge in [-0.25, -0.2) is 0 Å². The molecular formula is C11H13N3OS. The maximum absolute atomic E-state index is 5.55. The lowest BCUT2D eigenvalue weighted by Gasteiger charge is -2.29. The molecule has 1 aliphatic rings. The van der Waals surface area contributed by atoms with Crippen LogP contribution in [0.4, 0.5) is 5.69 Å². The highest BCUT2D eigenvalue weighted by molar-refractivity contribution is 7.71. The zero-order valence-electron chi connectivity index (χ0n) is 8.82. The number of piperazine rings is 1. The van der Waals surface area contributed by atoms with Crippen molar-refractivity contribution >= 4 is 29.0 Å². The second-order valence-electron chi connectivity index (χ2n) is 3.91. The number of aromatic nitrogens is 1. The molecule has 1 aromatic carbocycles. The largest absolute Gasteiger partial charge is 0.427 e. The van der Waals surface area contributed by atoms with Crippen molar-refractivity contribution in [1.29, 1.82) is 0 Å². The van der Waals surface area contributed by atoms with Crippen molar-refractivity contribution in [2.24, 2.45) is 0 Å². The number of benzene rings is 1. The number of fused-ring (bicyclic) bond motifs is 1. The maximum Gasteiger partial charge on any atom is 0.266 e. The third-order valence-electron chi connectivity index (χ3n) is 2.88. The third-order valence-corrected chi connectivity index (χ3v) is 3.07. The molecule has 0 amide bonds. The molecule has 0 radical (unpaired) electrons. The molecular weight excluding hydrogens is 222 g/mol. The Morgan fingerprint density at radius 3 is 2.88 bits per heavy atom. The summed E-state index contributed by atoms with van der Waals surface area (Å²) >= 11 is 5.02. The Morgan fingerprint density at radius 2 is 2.06 bits per heavy atom. The number of aromatic amines is 1. The van der Waals surface area contributed by atoms with E-state index in [0.29, 0.717) is 4.84 Å². The van der Waals surface area contributed by atoms with Crippen LogP contribution in [0.2, 0.25) is 0 Å². The molecule has 84 valence electrons. The minimum atomic E-state index is 0.442. The van der Waals surface area contributed by atoms with Crippen molar-refractivity contribution < 1.29 is 4.42 Å². The van der Waals surface area contributed by atoms with Crippen LogP contribution in [0.1, 0.15) is 0 Å². The van der Waals surface area contributed by atoms with Gasteiger partial charge in [0.15, 0.2) is 5.58 Å². The number of nitrogens with one attached hydrogen (secondary N) is 2. The van der Waals surface area contributed by atoms with E-state index in [1.165, 1.54) is 0 Å². The van der Waals surface area contributed by atoms with E-state index in [-0.39, 0.29) is 0 Å². The van der Waals surface area contributed by atoms with Crippen LogP contribution in [-0.2, 0) is 0 Å². The fourth-order valence-corrected chi connectivity index (χ4v) is 2.31. The predicted octanol–water partition coefficient (Wildman–Crippen LogP) is 1.90. The number of anilines is 1. The van der Waals surface area contributed by atoms with Crippen molar-refractivity contribution in [3.63, 3.8) is 0 Å². The molecule has 0 aliphatic carbocycles. The fraction of sp³-hybridized carbons (Fsp3) is 0.364. The SMILES string of the molecule is S=c1[nH]c2cccc(N3CCNCC3)c2o1. The van der Waals surface area contributed by atoms with Crippen LogP contribution in [-0.4, -0.2) is 31.2 Å². The number of rotatable bonds is 1. The van der Waals surface area contributed by atoms with Gasteiger partial charge in [-0.1, -0.05) is 6.07 Å². The second-order valence-corrected chi connectivity index (χ2v) is 4.28. The Balaban J connectivity index is 2.11. The number of para-hydroxylation sites is 1. The molecule has 2 heterocycles. The normalized spacial score (nSPS) is 16.9. The second kappa shape index (κ2) is 3.92. The number of hydrogen-bond donors (Lipinski definition) is 2. The average molecular weight is 235 g/mol. The number of hydrogen-bond acceptors (Lipinski definition) is 4. The molecule has 0 unspecified atom stereocenters. The van der Waals surface area contributed by atoms with E-state index in [1.807, 2.05) is 12.1 Å². The summed E-state index contributed by atoms with van der Waals surface area (Å²) in [7, 11) is 0. The van der Waals surface area contributed by atoms with Crippen LogP contribution in [0, 0.1) is 4.84 Å². The summed E-state index contributed by atoms with van der Waals surface area (Å²) in [5.41, 5.74) is 2.97. The van der Waals surface area contributed by atoms with Crippen molar-refractivity contribution in [2.75, 3.05) is 31.1 Å². The molecule has 1 fully saturated rings. The molecule has 0 atom stereocenters. The zero-order valence-corrected chi connectivity index (χ0v) is 9.64. The van der Waals surface area contributed by atoms with Gasteiger partial charge in [-0.3, -0.25) is 0 Å². The third kappa shape index (κ3) is 1.62. The summed E-state index contributed by atoms with van der Waals surface area (Å²) in [6.07, 6.45) is 0. The van der Waals surface area contributed by atoms with Gasteiger partial charge in [0.25, 0.3) is 4.84 Å². The smallest absolute Gasteiger partial charge is 0.266 e. The highest BCUT2D eigenvalue weighted by atomic mass is 32.1. The van der Waals surface area contributed by atoms with Gasteiger partial charge in [0.2, 0.25) is 0 Å². The average Bonchev–Trinajstić information content (AvgIpc) is 2.70. The Hall–Kier alpha value is -1.33. The lowest BCUT2D eigenvalue weighted by atomic mass is 10.2. The Morgan fingerprint density at radius 1 is 1.25 bits per heavy atom. The highest BCUT2D eigenvalue weighted by Gasteiger charge is 2.15. The summed E-state index contributed by atoms with van der Waals surface area (Å²) in [5, 5.41) is 3.34. The predicted molar refractivity (Wildman–Crippen MR) is 66.5 cm³/mol. The first-order chi connectivity index (χ1) is 7.84. The quantitative estimate of drug-likeness (QED) is 0.741. The summed E-state index contributed by atoms with van der Waals surface area (Å²) in [6, 6.07) is 6.10. The van der Waals surface area contributed by atoms with Crippen LogP contribution in [0.15, 0.2) is 22.6 Å². The molecule has 2 aromatic rings. The van der Waals surface area contributed by atoms with E-state index >= 15 is 0 Å². The molecule has 0 bridgehead atoms. The van der Waals surface area contributed by atoms with Crippen molar-refractivity contribution in [2.45, 2.75) is 0 Å². The van der Waals surface area contributed by atoms with Gasteiger partial charge in [-0.15, -0.1) is 0 Å². The highest BCUT2D eigenvalue weighted by Crippen LogP contribution is 2.26. The minimum Gasteiger partial charge on any atom is -0.427 e. The minimum absolute atomic E-state index is 0.442. The molecule has 5 heteroatoms. The summed E-state index contributed by atoms with van der Waals surface area (Å²) < 4.78 is 5.55. The molecule has 1 saturated heterocycles. The van der Waals surface area contributed by atoms with Gasteiger partial charge >= 0.3 is 0 Å². The lowest BCUT2D eigenvalue weighted by Crippen LogP contribution is -2.43. The van der Waals surface area contributed by atoms with Crippen LogP contribution < -0.4 is 10.2 Å². The first kappa shape index (κ1) is 9.86. The van der Waals surface area contributed by atoms with Crippen molar-refractivity contribution in [3.05, 3.63) is 23.0 Å². The van der Waals surface area contributed by atoms with Gasteiger partial charge in [-0.2, -0.15) is 0 Å². The number of oxazole rings is 1. The number of nitrogens with zero attached hydrogens (tertiary/aromatic N) is 1. The van der Waals surface area contributed by atoms with Crippen LogP contribution in [0.3, 0.4) is 0 Å². The van der Waals surface area contributed by atoms with Crippen molar-refractivity contribution in [1.82, 2.24) is 10.3 Å². The van der Waals surface area contributed by atoms with E-state index in [9.17, 15) is 0 Å². The first-order valence-electron chi connectivity index (χ1n) is 5.42. The molecule has 1 aromatic heterocycles. The Kier molecular flexibility index (Phi) is 2.41. The maximum atomic E-state index is 5.55. The summed E-state index contributed by atoms with van der Waals surface area (Å²) in [6.45, 7) is 4.04. The number of H-pyrrole nitrogens is 1. The van der Waals surface area contributed by atoms with Gasteiger partial charge < -0.3 is 19.6 Å². The van der Waals surface area contributed by atoms with E-state index in [4.69, 9.17) is 16.6 Å². The Bertz CT molecular complexity index is 554. The summed E-state index contributed by atoms with van der Waals surface area (Å²) in [4.78, 5) is 5.81. The van der Waals surface area contributed by atoms with E-state index in [1.54, 1.807) is 0 Å². The van der Waals surface area contributed by atoms with Crippen LogP contribution >= 0.6 is 12.2 Å².